The topological polar surface area (TPSA) is 66.8 Å². The van der Waals surface area contributed by atoms with Crippen LogP contribution in [0.2, 0.25) is 5.02 Å². The van der Waals surface area contributed by atoms with Gasteiger partial charge in [-0.15, -0.1) is 11.6 Å². The van der Waals surface area contributed by atoms with Gasteiger partial charge in [0.15, 0.2) is 15.0 Å². The number of amidine groups is 1. The number of thioether (sulfide) groups is 1. The van der Waals surface area contributed by atoms with Crippen LogP contribution in [0, 0.1) is 0 Å². The van der Waals surface area contributed by atoms with Gasteiger partial charge in [-0.3, -0.25) is 4.79 Å². The van der Waals surface area contributed by atoms with Crippen LogP contribution in [0.3, 0.4) is 0 Å². The zero-order valence-electron chi connectivity index (χ0n) is 12.0. The fraction of sp³-hybridized carbons (Fsp3) is 0.429. The lowest BCUT2D eigenvalue weighted by atomic mass is 10.1. The van der Waals surface area contributed by atoms with Gasteiger partial charge in [0, 0.05) is 16.8 Å². The molecule has 2 aliphatic rings. The molecule has 0 aliphatic carbocycles. The van der Waals surface area contributed by atoms with Crippen molar-refractivity contribution < 1.29 is 13.2 Å². The van der Waals surface area contributed by atoms with Crippen LogP contribution < -0.4 is 0 Å². The van der Waals surface area contributed by atoms with Gasteiger partial charge in [0.05, 0.1) is 17.5 Å². The van der Waals surface area contributed by atoms with Gasteiger partial charge in [0.2, 0.25) is 0 Å². The second-order valence-electron chi connectivity index (χ2n) is 5.48. The fourth-order valence-corrected chi connectivity index (χ4v) is 6.90. The molecule has 0 N–H and O–H groups in total. The van der Waals surface area contributed by atoms with E-state index in [1.54, 1.807) is 12.1 Å². The minimum Gasteiger partial charge on any atom is -0.342 e. The number of nitrogens with zero attached hydrogens (tertiary/aromatic N) is 2. The van der Waals surface area contributed by atoms with Crippen molar-refractivity contribution in [3.63, 3.8) is 0 Å². The van der Waals surface area contributed by atoms with Crippen LogP contribution in [0.5, 0.6) is 0 Å². The Bertz CT molecular complexity index is 750. The smallest absolute Gasteiger partial charge is 0.262 e. The van der Waals surface area contributed by atoms with Crippen molar-refractivity contribution in [2.24, 2.45) is 4.99 Å². The molecule has 2 atom stereocenters. The summed E-state index contributed by atoms with van der Waals surface area (Å²) in [4.78, 5) is 17.5. The highest BCUT2D eigenvalue weighted by Gasteiger charge is 2.48. The summed E-state index contributed by atoms with van der Waals surface area (Å²) in [6.07, 6.45) is 0. The lowest BCUT2D eigenvalue weighted by Gasteiger charge is -2.24. The Balaban J connectivity index is 1.88. The summed E-state index contributed by atoms with van der Waals surface area (Å²) in [6.45, 7) is 0.481. The number of amides is 1. The minimum atomic E-state index is -3.04. The maximum Gasteiger partial charge on any atom is 0.262 e. The second kappa shape index (κ2) is 6.63. The molecule has 9 heteroatoms. The molecule has 1 aromatic rings. The molecule has 0 spiro atoms. The Kier molecular flexibility index (Phi) is 4.92. The van der Waals surface area contributed by atoms with Crippen LogP contribution >= 0.6 is 35.0 Å². The van der Waals surface area contributed by atoms with Crippen molar-refractivity contribution in [1.29, 1.82) is 0 Å². The van der Waals surface area contributed by atoms with Gasteiger partial charge >= 0.3 is 0 Å². The number of fused-ring (bicyclic) bond motifs is 1. The van der Waals surface area contributed by atoms with Crippen molar-refractivity contribution in [1.82, 2.24) is 4.90 Å². The summed E-state index contributed by atoms with van der Waals surface area (Å²) in [5, 5.41) is 1.10. The first-order chi connectivity index (χ1) is 10.9. The number of hydrogen-bond donors (Lipinski definition) is 0. The molecule has 1 amide bonds. The number of sulfone groups is 1. The van der Waals surface area contributed by atoms with Crippen LogP contribution in [0.25, 0.3) is 0 Å². The highest BCUT2D eigenvalue weighted by Crippen LogP contribution is 2.39. The van der Waals surface area contributed by atoms with Gasteiger partial charge in [0.1, 0.15) is 5.88 Å². The van der Waals surface area contributed by atoms with E-state index >= 15 is 0 Å². The first kappa shape index (κ1) is 17.1. The maximum atomic E-state index is 11.9. The summed E-state index contributed by atoms with van der Waals surface area (Å²) in [7, 11) is -3.04. The molecule has 5 nitrogen and oxygen atoms in total. The Morgan fingerprint density at radius 3 is 2.65 bits per heavy atom. The number of alkyl halides is 1. The van der Waals surface area contributed by atoms with Crippen LogP contribution in [-0.2, 0) is 21.2 Å². The number of carbonyl (C=O) groups is 1. The third kappa shape index (κ3) is 3.84. The molecule has 124 valence electrons. The predicted molar refractivity (Wildman–Crippen MR) is 94.0 cm³/mol. The van der Waals surface area contributed by atoms with E-state index in [9.17, 15) is 13.2 Å². The molecule has 0 saturated carbocycles. The third-order valence-electron chi connectivity index (χ3n) is 3.78. The van der Waals surface area contributed by atoms with Gasteiger partial charge in [0.25, 0.3) is 5.91 Å². The van der Waals surface area contributed by atoms with E-state index in [-0.39, 0.29) is 28.7 Å². The molecule has 2 fully saturated rings. The molecule has 0 radical (unpaired) electrons. The van der Waals surface area contributed by atoms with E-state index in [1.165, 1.54) is 11.8 Å². The van der Waals surface area contributed by atoms with Crippen molar-refractivity contribution in [2.45, 2.75) is 17.8 Å². The molecule has 0 unspecified atom stereocenters. The van der Waals surface area contributed by atoms with Crippen LogP contribution in [-0.4, -0.2) is 53.1 Å². The number of carbonyl (C=O) groups excluding carboxylic acids is 1. The summed E-state index contributed by atoms with van der Waals surface area (Å²) in [5.41, 5.74) is 0.978. The number of benzene rings is 1. The number of rotatable bonds is 3. The molecule has 2 saturated heterocycles. The van der Waals surface area contributed by atoms with Crippen LogP contribution in [0.4, 0.5) is 0 Å². The summed E-state index contributed by atoms with van der Waals surface area (Å²) in [5.74, 6) is -0.398. The van der Waals surface area contributed by atoms with Crippen molar-refractivity contribution in [2.75, 3.05) is 17.4 Å². The number of hydrogen-bond acceptors (Lipinski definition) is 4. The summed E-state index contributed by atoms with van der Waals surface area (Å²) >= 11 is 12.8. The van der Waals surface area contributed by atoms with Crippen molar-refractivity contribution in [3.05, 3.63) is 34.9 Å². The lowest BCUT2D eigenvalue weighted by molar-refractivity contribution is -0.115. The zero-order chi connectivity index (χ0) is 16.6. The first-order valence-corrected chi connectivity index (χ1v) is 10.5. The van der Waals surface area contributed by atoms with E-state index in [0.29, 0.717) is 16.7 Å². The SMILES string of the molecule is O=C(CCl)N=C1S[C@H]2CS(=O)(=O)C[C@H]2N1Cc1ccc(Cl)cc1. The Labute approximate surface area is 149 Å². The largest absolute Gasteiger partial charge is 0.342 e. The lowest BCUT2D eigenvalue weighted by Crippen LogP contribution is -2.37. The normalized spacial score (nSPS) is 27.4. The van der Waals surface area contributed by atoms with E-state index in [2.05, 4.69) is 4.99 Å². The van der Waals surface area contributed by atoms with Gasteiger partial charge < -0.3 is 4.90 Å². The zero-order valence-corrected chi connectivity index (χ0v) is 15.1. The molecule has 0 bridgehead atoms. The van der Waals surface area contributed by atoms with Crippen molar-refractivity contribution in [3.8, 4) is 0 Å². The van der Waals surface area contributed by atoms with E-state index in [4.69, 9.17) is 23.2 Å². The Morgan fingerprint density at radius 1 is 1.30 bits per heavy atom. The average molecular weight is 393 g/mol. The second-order valence-corrected chi connectivity index (χ2v) is 9.54. The molecule has 2 aliphatic heterocycles. The standard InChI is InChI=1S/C14H14Cl2N2O3S2/c15-5-13(19)17-14-18(6-9-1-3-10(16)4-2-9)11-7-23(20,21)8-12(11)22-14/h1-4,11-12H,5-8H2/t11-,12+/m1/s1. The number of aliphatic imine (C=N–C) groups is 1. The van der Waals surface area contributed by atoms with E-state index < -0.39 is 15.7 Å². The predicted octanol–water partition coefficient (Wildman–Crippen LogP) is 2.18. The molecule has 2 heterocycles. The highest BCUT2D eigenvalue weighted by molar-refractivity contribution is 8.15. The fourth-order valence-electron chi connectivity index (χ4n) is 2.74. The molecular weight excluding hydrogens is 379 g/mol. The van der Waals surface area contributed by atoms with Gasteiger partial charge in [-0.25, -0.2) is 8.42 Å². The highest BCUT2D eigenvalue weighted by atomic mass is 35.5. The van der Waals surface area contributed by atoms with Gasteiger partial charge in [-0.2, -0.15) is 4.99 Å². The van der Waals surface area contributed by atoms with Crippen molar-refractivity contribution >= 4 is 55.9 Å². The van der Waals surface area contributed by atoms with E-state index in [0.717, 1.165) is 5.56 Å². The van der Waals surface area contributed by atoms with Gasteiger partial charge in [-0.1, -0.05) is 35.5 Å². The monoisotopic (exact) mass is 392 g/mol. The Morgan fingerprint density at radius 2 is 2.00 bits per heavy atom. The summed E-state index contributed by atoms with van der Waals surface area (Å²) < 4.78 is 23.8. The summed E-state index contributed by atoms with van der Waals surface area (Å²) in [6, 6.07) is 7.16. The Hall–Kier alpha value is -0.760. The van der Waals surface area contributed by atoms with Crippen LogP contribution in [0.15, 0.2) is 29.3 Å². The molecule has 0 aromatic heterocycles. The quantitative estimate of drug-likeness (QED) is 0.737. The third-order valence-corrected chi connectivity index (χ3v) is 7.50. The molecule has 3 rings (SSSR count). The number of halogens is 2. The maximum absolute atomic E-state index is 11.9. The van der Waals surface area contributed by atoms with Crippen LogP contribution in [0.1, 0.15) is 5.56 Å². The first-order valence-electron chi connectivity index (χ1n) is 6.93. The van der Waals surface area contributed by atoms with E-state index in [1.807, 2.05) is 17.0 Å². The van der Waals surface area contributed by atoms with Gasteiger partial charge in [-0.05, 0) is 17.7 Å². The average Bonchev–Trinajstić information content (AvgIpc) is 2.94. The molecule has 1 aromatic carbocycles. The molecular formula is C14H14Cl2N2O3S2. The minimum absolute atomic E-state index is 0.0887. The molecule has 23 heavy (non-hydrogen) atoms.